The van der Waals surface area contributed by atoms with Crippen molar-refractivity contribution in [1.82, 2.24) is 15.1 Å². The third-order valence-corrected chi connectivity index (χ3v) is 4.47. The van der Waals surface area contributed by atoms with Gasteiger partial charge in [-0.1, -0.05) is 13.8 Å². The first-order chi connectivity index (χ1) is 12.4. The lowest BCUT2D eigenvalue weighted by Gasteiger charge is -2.26. The van der Waals surface area contributed by atoms with Gasteiger partial charge in [0.05, 0.1) is 11.5 Å². The maximum atomic E-state index is 12.8. The minimum atomic E-state index is -0.504. The average molecular weight is 362 g/mol. The Morgan fingerprint density at radius 1 is 1.15 bits per heavy atom. The molecule has 1 aliphatic rings. The molecular formula is C18H26N4O4. The van der Waals surface area contributed by atoms with Crippen LogP contribution in [-0.2, 0) is 4.79 Å². The number of carbonyl (C=O) groups is 2. The van der Waals surface area contributed by atoms with E-state index >= 15 is 0 Å². The summed E-state index contributed by atoms with van der Waals surface area (Å²) in [6, 6.07) is 5.72. The van der Waals surface area contributed by atoms with Crippen LogP contribution < -0.4 is 5.32 Å². The molecule has 142 valence electrons. The summed E-state index contributed by atoms with van der Waals surface area (Å²) in [5.41, 5.74) is 0.275. The lowest BCUT2D eigenvalue weighted by Crippen LogP contribution is -2.44. The third-order valence-electron chi connectivity index (χ3n) is 4.47. The number of carbonyl (C=O) groups excluding carboxylic acids is 2. The first kappa shape index (κ1) is 19.8. The number of nitrogens with zero attached hydrogens (tertiary/aromatic N) is 3. The molecule has 1 N–H and O–H groups in total. The lowest BCUT2D eigenvalue weighted by molar-refractivity contribution is -0.384. The van der Waals surface area contributed by atoms with E-state index in [1.165, 1.54) is 29.2 Å². The fourth-order valence-electron chi connectivity index (χ4n) is 2.64. The highest BCUT2D eigenvalue weighted by Crippen LogP contribution is 2.18. The molecule has 0 saturated heterocycles. The number of hydrogen-bond donors (Lipinski definition) is 1. The molecule has 0 spiro atoms. The highest BCUT2D eigenvalue weighted by molar-refractivity contribution is 5.96. The third kappa shape index (κ3) is 5.80. The van der Waals surface area contributed by atoms with Crippen molar-refractivity contribution in [2.45, 2.75) is 32.7 Å². The second-order valence-corrected chi connectivity index (χ2v) is 6.40. The number of amides is 2. The second kappa shape index (κ2) is 9.28. The van der Waals surface area contributed by atoms with Gasteiger partial charge in [-0.15, -0.1) is 0 Å². The van der Waals surface area contributed by atoms with Gasteiger partial charge in [0.25, 0.3) is 11.6 Å². The molecule has 0 aromatic heterocycles. The van der Waals surface area contributed by atoms with Crippen LogP contribution in [0, 0.1) is 10.1 Å². The molecule has 1 saturated carbocycles. The van der Waals surface area contributed by atoms with Crippen LogP contribution in [0.15, 0.2) is 24.3 Å². The van der Waals surface area contributed by atoms with E-state index in [0.29, 0.717) is 18.7 Å². The van der Waals surface area contributed by atoms with Gasteiger partial charge >= 0.3 is 0 Å². The molecular weight excluding hydrogens is 336 g/mol. The first-order valence-electron chi connectivity index (χ1n) is 9.00. The summed E-state index contributed by atoms with van der Waals surface area (Å²) in [5.74, 6) is -0.458. The minimum absolute atomic E-state index is 0.00636. The van der Waals surface area contributed by atoms with Crippen molar-refractivity contribution in [2.75, 3.05) is 32.7 Å². The van der Waals surface area contributed by atoms with Crippen LogP contribution in [0.5, 0.6) is 0 Å². The van der Waals surface area contributed by atoms with Gasteiger partial charge in [-0.25, -0.2) is 0 Å². The molecule has 8 nitrogen and oxygen atoms in total. The summed E-state index contributed by atoms with van der Waals surface area (Å²) in [6.45, 7) is 6.91. The Kier molecular flexibility index (Phi) is 7.08. The van der Waals surface area contributed by atoms with Gasteiger partial charge in [0.2, 0.25) is 5.91 Å². The van der Waals surface area contributed by atoms with Crippen LogP contribution in [-0.4, -0.2) is 65.3 Å². The quantitative estimate of drug-likeness (QED) is 0.504. The first-order valence-corrected chi connectivity index (χ1v) is 9.00. The van der Waals surface area contributed by atoms with Crippen molar-refractivity contribution < 1.29 is 14.5 Å². The summed E-state index contributed by atoms with van der Waals surface area (Å²) in [6.07, 6.45) is 1.98. The van der Waals surface area contributed by atoms with Crippen molar-refractivity contribution in [2.24, 2.45) is 0 Å². The Hall–Kier alpha value is -2.48. The Labute approximate surface area is 153 Å². The summed E-state index contributed by atoms with van der Waals surface area (Å²) < 4.78 is 0. The van der Waals surface area contributed by atoms with E-state index in [1.807, 2.05) is 13.8 Å². The Balaban J connectivity index is 2.07. The zero-order valence-corrected chi connectivity index (χ0v) is 15.3. The van der Waals surface area contributed by atoms with E-state index in [2.05, 4.69) is 10.2 Å². The predicted molar refractivity (Wildman–Crippen MR) is 98.0 cm³/mol. The molecule has 0 atom stereocenters. The van der Waals surface area contributed by atoms with E-state index in [0.717, 1.165) is 25.9 Å². The standard InChI is InChI=1S/C18H26N4O4/c1-3-20(4-2)11-12-21(13-17(23)19-15-7-8-15)18(24)14-5-9-16(10-6-14)22(25)26/h5-6,9-10,15H,3-4,7-8,11-13H2,1-2H3,(H,19,23). The van der Waals surface area contributed by atoms with Gasteiger partial charge in [-0.3, -0.25) is 19.7 Å². The fraction of sp³-hybridized carbons (Fsp3) is 0.556. The lowest BCUT2D eigenvalue weighted by atomic mass is 10.1. The number of rotatable bonds is 10. The molecule has 0 heterocycles. The molecule has 1 aromatic carbocycles. The number of nitrogens with one attached hydrogen (secondary N) is 1. The van der Waals surface area contributed by atoms with Gasteiger partial charge in [0, 0.05) is 36.8 Å². The molecule has 0 unspecified atom stereocenters. The van der Waals surface area contributed by atoms with E-state index < -0.39 is 4.92 Å². The minimum Gasteiger partial charge on any atom is -0.352 e. The zero-order chi connectivity index (χ0) is 19.1. The Morgan fingerprint density at radius 2 is 1.77 bits per heavy atom. The summed E-state index contributed by atoms with van der Waals surface area (Å²) in [7, 11) is 0. The Bertz CT molecular complexity index is 639. The number of benzene rings is 1. The van der Waals surface area contributed by atoms with Crippen LogP contribution in [0.2, 0.25) is 0 Å². The molecule has 2 rings (SSSR count). The van der Waals surface area contributed by atoms with Gasteiger partial charge in [-0.05, 0) is 38.1 Å². The molecule has 0 bridgehead atoms. The Morgan fingerprint density at radius 3 is 2.27 bits per heavy atom. The van der Waals surface area contributed by atoms with Gasteiger partial charge in [-0.2, -0.15) is 0 Å². The zero-order valence-electron chi connectivity index (χ0n) is 15.3. The summed E-state index contributed by atoms with van der Waals surface area (Å²) in [5, 5.41) is 13.7. The van der Waals surface area contributed by atoms with Crippen molar-refractivity contribution in [3.8, 4) is 0 Å². The maximum Gasteiger partial charge on any atom is 0.269 e. The summed E-state index contributed by atoms with van der Waals surface area (Å²) in [4.78, 5) is 38.9. The maximum absolute atomic E-state index is 12.8. The number of hydrogen-bond acceptors (Lipinski definition) is 5. The summed E-state index contributed by atoms with van der Waals surface area (Å²) >= 11 is 0. The normalized spacial score (nSPS) is 13.5. The van der Waals surface area contributed by atoms with Crippen molar-refractivity contribution in [3.05, 3.63) is 39.9 Å². The molecule has 8 heteroatoms. The van der Waals surface area contributed by atoms with Crippen molar-refractivity contribution in [1.29, 1.82) is 0 Å². The molecule has 1 fully saturated rings. The van der Waals surface area contributed by atoms with Crippen molar-refractivity contribution >= 4 is 17.5 Å². The average Bonchev–Trinajstić information content (AvgIpc) is 3.44. The van der Waals surface area contributed by atoms with E-state index in [-0.39, 0.29) is 30.1 Å². The number of nitro groups is 1. The van der Waals surface area contributed by atoms with Crippen LogP contribution in [0.3, 0.4) is 0 Å². The topological polar surface area (TPSA) is 95.8 Å². The van der Waals surface area contributed by atoms with Crippen molar-refractivity contribution in [3.63, 3.8) is 0 Å². The van der Waals surface area contributed by atoms with Gasteiger partial charge in [0.1, 0.15) is 0 Å². The predicted octanol–water partition coefficient (Wildman–Crippen LogP) is 1.66. The second-order valence-electron chi connectivity index (χ2n) is 6.40. The number of non-ortho nitro benzene ring substituents is 1. The largest absolute Gasteiger partial charge is 0.352 e. The SMILES string of the molecule is CCN(CC)CCN(CC(=O)NC1CC1)C(=O)c1ccc([N+](=O)[O-])cc1. The van der Waals surface area contributed by atoms with Crippen LogP contribution in [0.4, 0.5) is 5.69 Å². The molecule has 2 amide bonds. The number of likely N-dealkylation sites (N-methyl/N-ethyl adjacent to an activating group) is 1. The fourth-order valence-corrected chi connectivity index (χ4v) is 2.64. The molecule has 0 aliphatic heterocycles. The van der Waals surface area contributed by atoms with E-state index in [4.69, 9.17) is 0 Å². The van der Waals surface area contributed by atoms with Gasteiger partial charge in [0.15, 0.2) is 0 Å². The smallest absolute Gasteiger partial charge is 0.269 e. The molecule has 26 heavy (non-hydrogen) atoms. The monoisotopic (exact) mass is 362 g/mol. The van der Waals surface area contributed by atoms with Crippen LogP contribution >= 0.6 is 0 Å². The van der Waals surface area contributed by atoms with Gasteiger partial charge < -0.3 is 15.1 Å². The molecule has 1 aromatic rings. The van der Waals surface area contributed by atoms with E-state index in [1.54, 1.807) is 0 Å². The van der Waals surface area contributed by atoms with E-state index in [9.17, 15) is 19.7 Å². The highest BCUT2D eigenvalue weighted by atomic mass is 16.6. The molecule has 1 aliphatic carbocycles. The van der Waals surface area contributed by atoms with Crippen LogP contribution in [0.25, 0.3) is 0 Å². The molecule has 0 radical (unpaired) electrons. The van der Waals surface area contributed by atoms with Crippen LogP contribution in [0.1, 0.15) is 37.0 Å². The number of nitro benzene ring substituents is 1. The highest BCUT2D eigenvalue weighted by Gasteiger charge is 2.26.